The maximum Gasteiger partial charge on any atom is 0.274 e. The molecular weight excluding hydrogens is 368 g/mol. The predicted octanol–water partition coefficient (Wildman–Crippen LogP) is 2.52. The van der Waals surface area contributed by atoms with Crippen LogP contribution in [0.4, 0.5) is 4.39 Å². The Morgan fingerprint density at radius 1 is 1.48 bits per heavy atom. The molecule has 6 nitrogen and oxygen atoms in total. The lowest BCUT2D eigenvalue weighted by atomic mass is 9.95. The van der Waals surface area contributed by atoms with E-state index in [9.17, 15) is 9.18 Å². The Balaban J connectivity index is 0.00000225. The second kappa shape index (κ2) is 8.12. The van der Waals surface area contributed by atoms with Crippen LogP contribution in [0.5, 0.6) is 0 Å². The lowest BCUT2D eigenvalue weighted by Gasteiger charge is -2.29. The summed E-state index contributed by atoms with van der Waals surface area (Å²) in [6.45, 7) is 5.58. The minimum Gasteiger partial charge on any atom is -0.346 e. The molecule has 0 bridgehead atoms. The zero-order chi connectivity index (χ0) is 17.3. The topological polar surface area (TPSA) is 71.8 Å². The molecule has 2 heterocycles. The second-order valence-electron chi connectivity index (χ2n) is 6.08. The van der Waals surface area contributed by atoms with Gasteiger partial charge < -0.3 is 10.6 Å². The Morgan fingerprint density at radius 3 is 2.92 bits per heavy atom. The van der Waals surface area contributed by atoms with E-state index >= 15 is 0 Å². The summed E-state index contributed by atoms with van der Waals surface area (Å²) in [5, 5.41) is 14.3. The van der Waals surface area contributed by atoms with Gasteiger partial charge in [0.1, 0.15) is 5.82 Å². The highest BCUT2D eigenvalue weighted by Gasteiger charge is 2.25. The van der Waals surface area contributed by atoms with Crippen LogP contribution in [-0.2, 0) is 0 Å². The molecule has 2 aromatic rings. The highest BCUT2D eigenvalue weighted by atomic mass is 35.5. The first-order valence-corrected chi connectivity index (χ1v) is 8.24. The van der Waals surface area contributed by atoms with Gasteiger partial charge in [-0.15, -0.1) is 17.5 Å². The summed E-state index contributed by atoms with van der Waals surface area (Å²) in [6.07, 6.45) is 1.02. The fourth-order valence-electron chi connectivity index (χ4n) is 2.82. The van der Waals surface area contributed by atoms with Gasteiger partial charge in [-0.2, -0.15) is 0 Å². The number of carbonyl (C=O) groups is 1. The molecule has 0 aliphatic carbocycles. The van der Waals surface area contributed by atoms with Gasteiger partial charge in [0.2, 0.25) is 0 Å². The lowest BCUT2D eigenvalue weighted by Crippen LogP contribution is -2.50. The van der Waals surface area contributed by atoms with Crippen molar-refractivity contribution in [2.75, 3.05) is 13.1 Å². The van der Waals surface area contributed by atoms with Crippen molar-refractivity contribution in [2.24, 2.45) is 5.92 Å². The van der Waals surface area contributed by atoms with Crippen LogP contribution < -0.4 is 10.6 Å². The summed E-state index contributed by atoms with van der Waals surface area (Å²) in [5.41, 5.74) is 1.39. The molecule has 1 aliphatic rings. The third-order valence-corrected chi connectivity index (χ3v) is 4.69. The molecule has 136 valence electrons. The van der Waals surface area contributed by atoms with Crippen LogP contribution in [-0.4, -0.2) is 40.0 Å². The molecule has 2 atom stereocenters. The first-order chi connectivity index (χ1) is 11.5. The van der Waals surface area contributed by atoms with Crippen molar-refractivity contribution in [1.82, 2.24) is 25.6 Å². The number of rotatable bonds is 3. The van der Waals surface area contributed by atoms with Gasteiger partial charge in [0.05, 0.1) is 16.4 Å². The molecule has 1 fully saturated rings. The molecule has 1 aliphatic heterocycles. The number of aromatic nitrogens is 3. The van der Waals surface area contributed by atoms with Crippen molar-refractivity contribution in [1.29, 1.82) is 0 Å². The van der Waals surface area contributed by atoms with E-state index < -0.39 is 5.82 Å². The molecule has 1 saturated heterocycles. The van der Waals surface area contributed by atoms with E-state index in [0.29, 0.717) is 17.3 Å². The minimum absolute atomic E-state index is 0. The fourth-order valence-corrected chi connectivity index (χ4v) is 3.00. The van der Waals surface area contributed by atoms with E-state index in [1.807, 2.05) is 0 Å². The Kier molecular flexibility index (Phi) is 6.37. The van der Waals surface area contributed by atoms with Gasteiger partial charge in [-0.1, -0.05) is 23.7 Å². The van der Waals surface area contributed by atoms with Crippen LogP contribution in [0.3, 0.4) is 0 Å². The maximum absolute atomic E-state index is 13.3. The van der Waals surface area contributed by atoms with E-state index in [-0.39, 0.29) is 35.1 Å². The molecule has 9 heteroatoms. The zero-order valence-corrected chi connectivity index (χ0v) is 15.5. The maximum atomic E-state index is 13.3. The number of hydrogen-bond donors (Lipinski definition) is 2. The molecule has 1 aromatic heterocycles. The average molecular weight is 388 g/mol. The highest BCUT2D eigenvalue weighted by molar-refractivity contribution is 6.30. The van der Waals surface area contributed by atoms with Crippen molar-refractivity contribution >= 4 is 29.9 Å². The number of nitrogens with zero attached hydrogens (tertiary/aromatic N) is 3. The summed E-state index contributed by atoms with van der Waals surface area (Å²) < 4.78 is 14.8. The number of halogens is 3. The number of hydrogen-bond acceptors (Lipinski definition) is 4. The van der Waals surface area contributed by atoms with E-state index in [1.54, 1.807) is 6.92 Å². The molecule has 0 saturated carbocycles. The summed E-state index contributed by atoms with van der Waals surface area (Å²) in [6, 6.07) is 4.31. The number of piperidine rings is 1. The van der Waals surface area contributed by atoms with Crippen LogP contribution >= 0.6 is 24.0 Å². The smallest absolute Gasteiger partial charge is 0.274 e. The predicted molar refractivity (Wildman–Crippen MR) is 96.2 cm³/mol. The molecule has 0 radical (unpaired) electrons. The SMILES string of the molecule is Cc1c(C(=O)NC2CNCCC2C)nnn1-c1ccc(F)c(Cl)c1.Cl. The number of benzene rings is 1. The van der Waals surface area contributed by atoms with Gasteiger partial charge in [0.25, 0.3) is 5.91 Å². The Morgan fingerprint density at radius 2 is 2.24 bits per heavy atom. The van der Waals surface area contributed by atoms with E-state index in [0.717, 1.165) is 19.5 Å². The van der Waals surface area contributed by atoms with E-state index in [2.05, 4.69) is 27.9 Å². The molecule has 1 amide bonds. The largest absolute Gasteiger partial charge is 0.346 e. The third kappa shape index (κ3) is 4.11. The Bertz CT molecular complexity index is 767. The summed E-state index contributed by atoms with van der Waals surface area (Å²) in [5.74, 6) is -0.357. The molecule has 3 rings (SSSR count). The first-order valence-electron chi connectivity index (χ1n) is 7.86. The van der Waals surface area contributed by atoms with E-state index in [1.165, 1.54) is 22.9 Å². The summed E-state index contributed by atoms with van der Waals surface area (Å²) in [7, 11) is 0. The number of carbonyl (C=O) groups excluding carboxylic acids is 1. The first kappa shape index (κ1) is 19.6. The monoisotopic (exact) mass is 387 g/mol. The van der Waals surface area contributed by atoms with Gasteiger partial charge in [0, 0.05) is 12.6 Å². The van der Waals surface area contributed by atoms with Gasteiger partial charge >= 0.3 is 0 Å². The quantitative estimate of drug-likeness (QED) is 0.848. The molecule has 1 aromatic carbocycles. The zero-order valence-electron chi connectivity index (χ0n) is 13.9. The van der Waals surface area contributed by atoms with Crippen LogP contribution in [0.2, 0.25) is 5.02 Å². The fraction of sp³-hybridized carbons (Fsp3) is 0.438. The van der Waals surface area contributed by atoms with Crippen molar-refractivity contribution < 1.29 is 9.18 Å². The standard InChI is InChI=1S/C16H19ClFN5O.ClH/c1-9-5-6-19-8-14(9)20-16(24)15-10(2)23(22-21-15)11-3-4-13(18)12(17)7-11;/h3-4,7,9,14,19H,5-6,8H2,1-2H3,(H,20,24);1H. The Hall–Kier alpha value is -1.70. The van der Waals surface area contributed by atoms with Crippen molar-refractivity contribution in [2.45, 2.75) is 26.3 Å². The minimum atomic E-state index is -0.505. The highest BCUT2D eigenvalue weighted by Crippen LogP contribution is 2.20. The molecule has 0 spiro atoms. The average Bonchev–Trinajstić information content (AvgIpc) is 2.94. The molecular formula is C16H20Cl2FN5O. The number of nitrogens with one attached hydrogen (secondary N) is 2. The van der Waals surface area contributed by atoms with Crippen molar-refractivity contribution in [3.8, 4) is 5.69 Å². The normalized spacial score (nSPS) is 20.0. The molecule has 2 unspecified atom stereocenters. The molecule has 25 heavy (non-hydrogen) atoms. The van der Waals surface area contributed by atoms with Gasteiger partial charge in [-0.3, -0.25) is 4.79 Å². The summed E-state index contributed by atoms with van der Waals surface area (Å²) in [4.78, 5) is 12.5. The summed E-state index contributed by atoms with van der Waals surface area (Å²) >= 11 is 5.81. The van der Waals surface area contributed by atoms with E-state index in [4.69, 9.17) is 11.6 Å². The van der Waals surface area contributed by atoms with Crippen LogP contribution in [0.1, 0.15) is 29.5 Å². The van der Waals surface area contributed by atoms with Crippen molar-refractivity contribution in [3.05, 3.63) is 40.4 Å². The van der Waals surface area contributed by atoms with Gasteiger partial charge in [-0.25, -0.2) is 9.07 Å². The second-order valence-corrected chi connectivity index (χ2v) is 6.49. The lowest BCUT2D eigenvalue weighted by molar-refractivity contribution is 0.0909. The van der Waals surface area contributed by atoms with Crippen molar-refractivity contribution in [3.63, 3.8) is 0 Å². The van der Waals surface area contributed by atoms with Crippen LogP contribution in [0, 0.1) is 18.7 Å². The van der Waals surface area contributed by atoms with Gasteiger partial charge in [-0.05, 0) is 44.0 Å². The number of amides is 1. The van der Waals surface area contributed by atoms with Gasteiger partial charge in [0.15, 0.2) is 5.69 Å². The Labute approximate surface area is 156 Å². The van der Waals surface area contributed by atoms with Crippen LogP contribution in [0.25, 0.3) is 5.69 Å². The molecule has 2 N–H and O–H groups in total. The third-order valence-electron chi connectivity index (χ3n) is 4.40. The van der Waals surface area contributed by atoms with Crippen LogP contribution in [0.15, 0.2) is 18.2 Å².